The lowest BCUT2D eigenvalue weighted by atomic mass is 10.2. The summed E-state index contributed by atoms with van der Waals surface area (Å²) in [5, 5.41) is 7.26. The molecule has 0 amide bonds. The van der Waals surface area contributed by atoms with E-state index >= 15 is 0 Å². The number of hydrogen-bond acceptors (Lipinski definition) is 6. The van der Waals surface area contributed by atoms with Crippen LogP contribution in [-0.4, -0.2) is 55.4 Å². The van der Waals surface area contributed by atoms with Crippen molar-refractivity contribution in [2.45, 2.75) is 12.5 Å². The van der Waals surface area contributed by atoms with Gasteiger partial charge in [0.15, 0.2) is 5.82 Å². The summed E-state index contributed by atoms with van der Waals surface area (Å²) < 4.78 is 10.5. The van der Waals surface area contributed by atoms with Crippen LogP contribution in [0.15, 0.2) is 4.52 Å². The second-order valence-electron chi connectivity index (χ2n) is 4.18. The minimum atomic E-state index is 0.0746. The highest BCUT2D eigenvalue weighted by Gasteiger charge is 2.20. The van der Waals surface area contributed by atoms with Gasteiger partial charge in [-0.15, -0.1) is 0 Å². The molecule has 6 nitrogen and oxygen atoms in total. The third-order valence-electron chi connectivity index (χ3n) is 2.49. The van der Waals surface area contributed by atoms with Gasteiger partial charge in [-0.1, -0.05) is 5.16 Å². The van der Waals surface area contributed by atoms with Gasteiger partial charge in [0, 0.05) is 19.5 Å². The summed E-state index contributed by atoms with van der Waals surface area (Å²) in [6.07, 6.45) is 0.785. The maximum atomic E-state index is 5.35. The van der Waals surface area contributed by atoms with Crippen molar-refractivity contribution < 1.29 is 9.26 Å². The van der Waals surface area contributed by atoms with Crippen LogP contribution >= 0.6 is 0 Å². The van der Waals surface area contributed by atoms with Gasteiger partial charge in [0.1, 0.15) is 0 Å². The molecule has 0 saturated carbocycles. The quantitative estimate of drug-likeness (QED) is 0.769. The summed E-state index contributed by atoms with van der Waals surface area (Å²) in [5.41, 5.74) is 0. The Kier molecular flexibility index (Phi) is 3.87. The Hall–Kier alpha value is -0.980. The zero-order valence-corrected chi connectivity index (χ0v) is 9.77. The first kappa shape index (κ1) is 11.5. The van der Waals surface area contributed by atoms with Crippen molar-refractivity contribution in [3.8, 4) is 0 Å². The molecule has 1 aromatic heterocycles. The third-order valence-corrected chi connectivity index (χ3v) is 2.49. The van der Waals surface area contributed by atoms with Crippen molar-refractivity contribution in [2.24, 2.45) is 0 Å². The Morgan fingerprint density at radius 3 is 3.06 bits per heavy atom. The fraction of sp³-hybridized carbons (Fsp3) is 0.800. The Morgan fingerprint density at radius 1 is 1.50 bits per heavy atom. The third kappa shape index (κ3) is 3.01. The Balaban J connectivity index is 1.90. The molecule has 2 rings (SSSR count). The molecule has 1 aliphatic rings. The van der Waals surface area contributed by atoms with Crippen LogP contribution in [0.4, 0.5) is 0 Å². The lowest BCUT2D eigenvalue weighted by Gasteiger charge is -2.20. The van der Waals surface area contributed by atoms with Crippen molar-refractivity contribution in [3.05, 3.63) is 11.7 Å². The zero-order valence-electron chi connectivity index (χ0n) is 9.77. The van der Waals surface area contributed by atoms with Gasteiger partial charge in [0.05, 0.1) is 19.3 Å². The number of ether oxygens (including phenoxy) is 1. The molecule has 1 aromatic rings. The number of likely N-dealkylation sites (N-methyl/N-ethyl adjacent to an activating group) is 1. The van der Waals surface area contributed by atoms with Gasteiger partial charge >= 0.3 is 0 Å². The van der Waals surface area contributed by atoms with Gasteiger partial charge in [-0.05, 0) is 14.1 Å². The number of morpholine rings is 1. The van der Waals surface area contributed by atoms with Crippen molar-refractivity contribution in [3.63, 3.8) is 0 Å². The fourth-order valence-electron chi connectivity index (χ4n) is 1.56. The molecular weight excluding hydrogens is 208 g/mol. The molecular formula is C10H18N4O2. The number of nitrogens with one attached hydrogen (secondary N) is 1. The summed E-state index contributed by atoms with van der Waals surface area (Å²) >= 11 is 0. The van der Waals surface area contributed by atoms with E-state index in [4.69, 9.17) is 9.26 Å². The van der Waals surface area contributed by atoms with E-state index in [-0.39, 0.29) is 6.04 Å². The Bertz CT molecular complexity index is 320. The van der Waals surface area contributed by atoms with Crippen molar-refractivity contribution in [1.29, 1.82) is 0 Å². The van der Waals surface area contributed by atoms with Crippen LogP contribution < -0.4 is 5.32 Å². The van der Waals surface area contributed by atoms with E-state index in [1.807, 2.05) is 14.1 Å². The second kappa shape index (κ2) is 5.38. The minimum Gasteiger partial charge on any atom is -0.378 e. The number of aromatic nitrogens is 2. The molecule has 0 bridgehead atoms. The topological polar surface area (TPSA) is 63.4 Å². The first-order chi connectivity index (χ1) is 7.75. The molecule has 0 spiro atoms. The van der Waals surface area contributed by atoms with Crippen LogP contribution in [0.5, 0.6) is 0 Å². The molecule has 0 aliphatic carbocycles. The molecule has 1 fully saturated rings. The lowest BCUT2D eigenvalue weighted by molar-refractivity contribution is 0.0734. The molecule has 1 saturated heterocycles. The molecule has 16 heavy (non-hydrogen) atoms. The molecule has 6 heteroatoms. The van der Waals surface area contributed by atoms with Gasteiger partial charge in [0.2, 0.25) is 5.89 Å². The highest BCUT2D eigenvalue weighted by atomic mass is 16.5. The summed E-state index contributed by atoms with van der Waals surface area (Å²) in [6, 6.07) is 0.0746. The van der Waals surface area contributed by atoms with Crippen LogP contribution in [0.25, 0.3) is 0 Å². The second-order valence-corrected chi connectivity index (χ2v) is 4.18. The molecule has 0 radical (unpaired) electrons. The van der Waals surface area contributed by atoms with E-state index in [1.165, 1.54) is 0 Å². The van der Waals surface area contributed by atoms with Gasteiger partial charge < -0.3 is 19.5 Å². The molecule has 0 aromatic carbocycles. The predicted octanol–water partition coefficient (Wildman–Crippen LogP) is -0.165. The highest BCUT2D eigenvalue weighted by molar-refractivity contribution is 4.95. The van der Waals surface area contributed by atoms with Crippen LogP contribution in [0.1, 0.15) is 17.8 Å². The van der Waals surface area contributed by atoms with E-state index < -0.39 is 0 Å². The van der Waals surface area contributed by atoms with E-state index in [0.29, 0.717) is 18.3 Å². The largest absolute Gasteiger partial charge is 0.378 e. The van der Waals surface area contributed by atoms with Crippen molar-refractivity contribution in [1.82, 2.24) is 20.4 Å². The maximum Gasteiger partial charge on any atom is 0.227 e. The van der Waals surface area contributed by atoms with Gasteiger partial charge in [-0.25, -0.2) is 0 Å². The maximum absolute atomic E-state index is 5.35. The molecule has 1 N–H and O–H groups in total. The van der Waals surface area contributed by atoms with E-state index in [9.17, 15) is 0 Å². The zero-order chi connectivity index (χ0) is 11.4. The predicted molar refractivity (Wildman–Crippen MR) is 58.1 cm³/mol. The summed E-state index contributed by atoms with van der Waals surface area (Å²) in [7, 11) is 4.04. The summed E-state index contributed by atoms with van der Waals surface area (Å²) in [6.45, 7) is 3.12. The highest BCUT2D eigenvalue weighted by Crippen LogP contribution is 2.12. The Morgan fingerprint density at radius 2 is 2.38 bits per heavy atom. The molecule has 1 unspecified atom stereocenters. The van der Waals surface area contributed by atoms with Crippen LogP contribution in [-0.2, 0) is 11.2 Å². The van der Waals surface area contributed by atoms with E-state index in [1.54, 1.807) is 0 Å². The first-order valence-corrected chi connectivity index (χ1v) is 5.54. The summed E-state index contributed by atoms with van der Waals surface area (Å²) in [5.74, 6) is 1.39. The number of nitrogens with zero attached hydrogens (tertiary/aromatic N) is 3. The number of hydrogen-bond donors (Lipinski definition) is 1. The lowest BCUT2D eigenvalue weighted by Crippen LogP contribution is -2.35. The number of rotatable bonds is 4. The normalized spacial score (nSPS) is 21.6. The van der Waals surface area contributed by atoms with E-state index in [0.717, 1.165) is 26.1 Å². The molecule has 90 valence electrons. The van der Waals surface area contributed by atoms with Gasteiger partial charge in [0.25, 0.3) is 0 Å². The average Bonchev–Trinajstić information content (AvgIpc) is 2.76. The average molecular weight is 226 g/mol. The van der Waals surface area contributed by atoms with Crippen molar-refractivity contribution >= 4 is 0 Å². The SMILES string of the molecule is CN(C)CCc1nc(C2COCCN2)no1. The summed E-state index contributed by atoms with van der Waals surface area (Å²) in [4.78, 5) is 6.45. The van der Waals surface area contributed by atoms with Crippen LogP contribution in [0, 0.1) is 0 Å². The van der Waals surface area contributed by atoms with E-state index in [2.05, 4.69) is 20.4 Å². The van der Waals surface area contributed by atoms with Crippen LogP contribution in [0.2, 0.25) is 0 Å². The standard InChI is InChI=1S/C10H18N4O2/c1-14(2)5-3-9-12-10(13-16-9)8-7-15-6-4-11-8/h8,11H,3-7H2,1-2H3. The first-order valence-electron chi connectivity index (χ1n) is 5.54. The monoisotopic (exact) mass is 226 g/mol. The van der Waals surface area contributed by atoms with Crippen LogP contribution in [0.3, 0.4) is 0 Å². The minimum absolute atomic E-state index is 0.0746. The van der Waals surface area contributed by atoms with Crippen molar-refractivity contribution in [2.75, 3.05) is 40.4 Å². The Labute approximate surface area is 95.0 Å². The van der Waals surface area contributed by atoms with Gasteiger partial charge in [-0.3, -0.25) is 0 Å². The molecule has 1 atom stereocenters. The molecule has 2 heterocycles. The smallest absolute Gasteiger partial charge is 0.227 e. The fourth-order valence-corrected chi connectivity index (χ4v) is 1.56. The molecule has 1 aliphatic heterocycles. The van der Waals surface area contributed by atoms with Gasteiger partial charge in [-0.2, -0.15) is 4.98 Å².